The Balaban J connectivity index is 1.46. The molecule has 2 aromatic carbocycles. The summed E-state index contributed by atoms with van der Waals surface area (Å²) in [6, 6.07) is 8.80. The minimum absolute atomic E-state index is 0.106. The van der Waals surface area contributed by atoms with Gasteiger partial charge in [-0.25, -0.2) is 0 Å². The smallest absolute Gasteiger partial charge is 0.416 e. The van der Waals surface area contributed by atoms with Crippen LogP contribution in [0.25, 0.3) is 0 Å². The van der Waals surface area contributed by atoms with E-state index in [0.29, 0.717) is 45.1 Å². The second-order valence-electron chi connectivity index (χ2n) is 7.54. The highest BCUT2D eigenvalue weighted by Gasteiger charge is 2.31. The second kappa shape index (κ2) is 8.65. The predicted octanol–water partition coefficient (Wildman–Crippen LogP) is 3.35. The normalized spacial score (nSPS) is 17.1. The summed E-state index contributed by atoms with van der Waals surface area (Å²) >= 11 is 0. The number of amides is 1. The van der Waals surface area contributed by atoms with E-state index >= 15 is 0 Å². The monoisotopic (exact) mass is 451 g/mol. The molecule has 2 fully saturated rings. The summed E-state index contributed by atoms with van der Waals surface area (Å²) in [5.74, 6) is -0.130. The molecule has 32 heavy (non-hydrogen) atoms. The van der Waals surface area contributed by atoms with E-state index in [1.165, 1.54) is 30.3 Å². The molecule has 170 valence electrons. The van der Waals surface area contributed by atoms with E-state index in [1.54, 1.807) is 4.90 Å². The van der Waals surface area contributed by atoms with Gasteiger partial charge in [-0.15, -0.1) is 0 Å². The summed E-state index contributed by atoms with van der Waals surface area (Å²) in [5, 5.41) is 11.2. The van der Waals surface area contributed by atoms with Gasteiger partial charge in [0.05, 0.1) is 29.3 Å². The van der Waals surface area contributed by atoms with Crippen molar-refractivity contribution < 1.29 is 32.4 Å². The summed E-state index contributed by atoms with van der Waals surface area (Å²) in [6.45, 7) is 2.23. The predicted molar refractivity (Wildman–Crippen MR) is 108 cm³/mol. The largest absolute Gasteiger partial charge is 0.485 e. The molecule has 0 bridgehead atoms. The van der Waals surface area contributed by atoms with Gasteiger partial charge >= 0.3 is 6.18 Å². The first-order chi connectivity index (χ1) is 15.2. The molecule has 0 unspecified atom stereocenters. The van der Waals surface area contributed by atoms with Crippen LogP contribution >= 0.6 is 0 Å². The molecule has 0 aliphatic carbocycles. The Kier molecular flexibility index (Phi) is 5.92. The van der Waals surface area contributed by atoms with Crippen molar-refractivity contribution in [2.45, 2.75) is 12.3 Å². The van der Waals surface area contributed by atoms with E-state index in [4.69, 9.17) is 9.47 Å². The molecule has 0 N–H and O–H groups in total. The van der Waals surface area contributed by atoms with Crippen molar-refractivity contribution in [3.63, 3.8) is 0 Å². The first kappa shape index (κ1) is 21.9. The summed E-state index contributed by atoms with van der Waals surface area (Å²) in [5.41, 5.74) is -0.192. The number of ether oxygens (including phenoxy) is 2. The Bertz CT molecular complexity index is 1000. The van der Waals surface area contributed by atoms with Crippen molar-refractivity contribution >= 4 is 17.3 Å². The number of piperazine rings is 1. The van der Waals surface area contributed by atoms with Crippen LogP contribution in [0.3, 0.4) is 0 Å². The van der Waals surface area contributed by atoms with Gasteiger partial charge in [0.1, 0.15) is 11.9 Å². The maximum atomic E-state index is 13.1. The van der Waals surface area contributed by atoms with Crippen LogP contribution in [0.5, 0.6) is 5.75 Å². The van der Waals surface area contributed by atoms with Gasteiger partial charge in [0, 0.05) is 44.0 Å². The lowest BCUT2D eigenvalue weighted by Gasteiger charge is -2.36. The lowest BCUT2D eigenvalue weighted by Crippen LogP contribution is -2.49. The molecule has 2 saturated heterocycles. The standard InChI is InChI=1S/C21H20F3N3O5/c22-21(23,24)14-1-3-15(4-2-14)25-7-9-26(10-8-25)20(28)18-11-16(27(29)30)5-6-19(18)32-17-12-31-13-17/h1-6,11,17H,7-10,12-13H2. The SMILES string of the molecule is O=C(c1cc([N+](=O)[O-])ccc1OC1COC1)N1CCN(c2ccc(C(F)(F)F)cc2)CC1. The molecule has 2 aliphatic heterocycles. The minimum Gasteiger partial charge on any atom is -0.485 e. The molecule has 2 heterocycles. The third kappa shape index (κ3) is 4.62. The average molecular weight is 451 g/mol. The zero-order valence-electron chi connectivity index (χ0n) is 16.9. The number of carbonyl (C=O) groups is 1. The summed E-state index contributed by atoms with van der Waals surface area (Å²) in [4.78, 5) is 27.2. The molecule has 0 atom stereocenters. The Morgan fingerprint density at radius 2 is 1.72 bits per heavy atom. The van der Waals surface area contributed by atoms with E-state index in [2.05, 4.69) is 0 Å². The minimum atomic E-state index is -4.40. The fourth-order valence-electron chi connectivity index (χ4n) is 3.56. The van der Waals surface area contributed by atoms with Gasteiger partial charge in [0.2, 0.25) is 0 Å². The molecule has 0 spiro atoms. The van der Waals surface area contributed by atoms with Crippen LogP contribution in [0.4, 0.5) is 24.5 Å². The van der Waals surface area contributed by atoms with E-state index in [1.807, 2.05) is 4.90 Å². The molecule has 8 nitrogen and oxygen atoms in total. The van der Waals surface area contributed by atoms with E-state index in [0.717, 1.165) is 12.1 Å². The topological polar surface area (TPSA) is 85.1 Å². The molecule has 2 aromatic rings. The second-order valence-corrected chi connectivity index (χ2v) is 7.54. The van der Waals surface area contributed by atoms with E-state index in [-0.39, 0.29) is 23.1 Å². The Hall–Kier alpha value is -3.34. The van der Waals surface area contributed by atoms with Crippen molar-refractivity contribution in [3.05, 3.63) is 63.7 Å². The molecular weight excluding hydrogens is 431 g/mol. The quantitative estimate of drug-likeness (QED) is 0.512. The maximum absolute atomic E-state index is 13.1. The number of nitro groups is 1. The number of halogens is 3. The Morgan fingerprint density at radius 3 is 2.25 bits per heavy atom. The lowest BCUT2D eigenvalue weighted by molar-refractivity contribution is -0.384. The van der Waals surface area contributed by atoms with Crippen LogP contribution in [0, 0.1) is 10.1 Å². The number of rotatable bonds is 5. The lowest BCUT2D eigenvalue weighted by atomic mass is 10.1. The van der Waals surface area contributed by atoms with Gasteiger partial charge in [-0.05, 0) is 30.3 Å². The molecule has 1 amide bonds. The third-order valence-electron chi connectivity index (χ3n) is 5.43. The number of non-ortho nitro benzene ring substituents is 1. The molecule has 11 heteroatoms. The first-order valence-corrected chi connectivity index (χ1v) is 9.97. The van der Waals surface area contributed by atoms with Crippen molar-refractivity contribution in [1.29, 1.82) is 0 Å². The maximum Gasteiger partial charge on any atom is 0.416 e. The highest BCUT2D eigenvalue weighted by Crippen LogP contribution is 2.31. The van der Waals surface area contributed by atoms with E-state index in [9.17, 15) is 28.1 Å². The number of nitrogens with zero attached hydrogens (tertiary/aromatic N) is 3. The van der Waals surface area contributed by atoms with Crippen LogP contribution in [-0.4, -0.2) is 61.2 Å². The van der Waals surface area contributed by atoms with Gasteiger partial charge in [-0.1, -0.05) is 0 Å². The summed E-state index contributed by atoms with van der Waals surface area (Å²) in [7, 11) is 0. The number of nitro benzene ring substituents is 1. The number of hydrogen-bond acceptors (Lipinski definition) is 6. The van der Waals surface area contributed by atoms with Gasteiger partial charge in [0.15, 0.2) is 0 Å². The van der Waals surface area contributed by atoms with Crippen molar-refractivity contribution in [3.8, 4) is 5.75 Å². The van der Waals surface area contributed by atoms with Gasteiger partial charge in [-0.2, -0.15) is 13.2 Å². The average Bonchev–Trinajstić information content (AvgIpc) is 2.75. The molecule has 0 saturated carbocycles. The molecule has 4 rings (SSSR count). The highest BCUT2D eigenvalue weighted by molar-refractivity contribution is 5.97. The fraction of sp³-hybridized carbons (Fsp3) is 0.381. The zero-order valence-corrected chi connectivity index (χ0v) is 16.9. The number of carbonyl (C=O) groups excluding carboxylic acids is 1. The highest BCUT2D eigenvalue weighted by atomic mass is 19.4. The van der Waals surface area contributed by atoms with Crippen molar-refractivity contribution in [2.75, 3.05) is 44.3 Å². The zero-order chi connectivity index (χ0) is 22.9. The van der Waals surface area contributed by atoms with E-state index < -0.39 is 22.6 Å². The number of hydrogen-bond donors (Lipinski definition) is 0. The number of benzene rings is 2. The number of anilines is 1. The van der Waals surface area contributed by atoms with Crippen LogP contribution < -0.4 is 9.64 Å². The molecule has 0 aromatic heterocycles. The van der Waals surface area contributed by atoms with Crippen LogP contribution in [0.2, 0.25) is 0 Å². The number of alkyl halides is 3. The Morgan fingerprint density at radius 1 is 1.06 bits per heavy atom. The third-order valence-corrected chi connectivity index (χ3v) is 5.43. The summed E-state index contributed by atoms with van der Waals surface area (Å²) < 4.78 is 49.1. The van der Waals surface area contributed by atoms with Gasteiger partial charge in [0.25, 0.3) is 11.6 Å². The van der Waals surface area contributed by atoms with Crippen LogP contribution in [-0.2, 0) is 10.9 Å². The Labute approximate surface area is 181 Å². The van der Waals surface area contributed by atoms with Gasteiger partial charge in [-0.3, -0.25) is 14.9 Å². The molecule has 2 aliphatic rings. The van der Waals surface area contributed by atoms with Crippen LogP contribution in [0.1, 0.15) is 15.9 Å². The van der Waals surface area contributed by atoms with Crippen LogP contribution in [0.15, 0.2) is 42.5 Å². The van der Waals surface area contributed by atoms with Crippen molar-refractivity contribution in [1.82, 2.24) is 4.90 Å². The van der Waals surface area contributed by atoms with Gasteiger partial charge < -0.3 is 19.3 Å². The first-order valence-electron chi connectivity index (χ1n) is 9.97. The van der Waals surface area contributed by atoms with Crippen molar-refractivity contribution in [2.24, 2.45) is 0 Å². The summed E-state index contributed by atoms with van der Waals surface area (Å²) in [6.07, 6.45) is -4.60. The fourth-order valence-corrected chi connectivity index (χ4v) is 3.56. The molecule has 0 radical (unpaired) electrons. The molecular formula is C21H20F3N3O5.